The second kappa shape index (κ2) is 5.82. The third kappa shape index (κ3) is 2.98. The molecule has 2 rings (SSSR count). The Bertz CT molecular complexity index is 525. The van der Waals surface area contributed by atoms with Gasteiger partial charge in [-0.25, -0.2) is 4.98 Å². The topological polar surface area (TPSA) is 61.3 Å². The third-order valence-corrected chi connectivity index (χ3v) is 3.59. The molecule has 0 fully saturated rings. The molecule has 0 saturated heterocycles. The zero-order valence-electron chi connectivity index (χ0n) is 10.5. The van der Waals surface area contributed by atoms with E-state index in [4.69, 9.17) is 14.9 Å². The Kier molecular flexibility index (Phi) is 4.15. The zero-order chi connectivity index (χ0) is 13.0. The largest absolute Gasteiger partial charge is 0.494 e. The number of nitrogens with zero attached hydrogens (tertiary/aromatic N) is 1. The first kappa shape index (κ1) is 12.8. The van der Waals surface area contributed by atoms with Crippen molar-refractivity contribution >= 4 is 17.4 Å². The Morgan fingerprint density at radius 1 is 1.44 bits per heavy atom. The van der Waals surface area contributed by atoms with Crippen LogP contribution in [0.3, 0.4) is 0 Å². The molecule has 0 aliphatic rings. The quantitative estimate of drug-likeness (QED) is 0.663. The number of aryl methyl sites for hydroxylation is 1. The van der Waals surface area contributed by atoms with Gasteiger partial charge in [-0.05, 0) is 32.0 Å². The monoisotopic (exact) mass is 264 g/mol. The molecule has 18 heavy (non-hydrogen) atoms. The van der Waals surface area contributed by atoms with Crippen molar-refractivity contribution in [2.45, 2.75) is 24.5 Å². The maximum atomic E-state index is 5.94. The second-order valence-corrected chi connectivity index (χ2v) is 4.79. The fraction of sp³-hybridized carbons (Fsp3) is 0.308. The van der Waals surface area contributed by atoms with Gasteiger partial charge in [0.25, 0.3) is 0 Å². The summed E-state index contributed by atoms with van der Waals surface area (Å²) in [6, 6.07) is 5.70. The average molecular weight is 264 g/mol. The fourth-order valence-corrected chi connectivity index (χ4v) is 2.51. The van der Waals surface area contributed by atoms with Gasteiger partial charge in [-0.15, -0.1) is 11.8 Å². The number of hydrogen-bond acceptors (Lipinski definition) is 5. The number of anilines is 1. The molecule has 1 aromatic carbocycles. The first-order valence-electron chi connectivity index (χ1n) is 5.74. The highest BCUT2D eigenvalue weighted by Gasteiger charge is 2.07. The van der Waals surface area contributed by atoms with Crippen molar-refractivity contribution < 1.29 is 9.15 Å². The van der Waals surface area contributed by atoms with Crippen LogP contribution in [0.2, 0.25) is 0 Å². The summed E-state index contributed by atoms with van der Waals surface area (Å²) in [5.74, 6) is 2.43. The summed E-state index contributed by atoms with van der Waals surface area (Å²) in [4.78, 5) is 5.16. The van der Waals surface area contributed by atoms with E-state index in [-0.39, 0.29) is 0 Å². The van der Waals surface area contributed by atoms with Crippen LogP contribution in [-0.2, 0) is 5.75 Å². The molecule has 0 aliphatic heterocycles. The van der Waals surface area contributed by atoms with Crippen LogP contribution in [0.25, 0.3) is 0 Å². The summed E-state index contributed by atoms with van der Waals surface area (Å²) in [7, 11) is 0. The van der Waals surface area contributed by atoms with Crippen LogP contribution in [0.15, 0.2) is 33.9 Å². The van der Waals surface area contributed by atoms with Gasteiger partial charge in [-0.2, -0.15) is 0 Å². The van der Waals surface area contributed by atoms with Gasteiger partial charge in [0.05, 0.1) is 12.3 Å². The molecular formula is C13H16N2O2S. The Labute approximate surface area is 111 Å². The van der Waals surface area contributed by atoms with E-state index in [1.807, 2.05) is 32.0 Å². The summed E-state index contributed by atoms with van der Waals surface area (Å²) < 4.78 is 10.6. The summed E-state index contributed by atoms with van der Waals surface area (Å²) in [6.07, 6.45) is 1.46. The molecule has 0 bridgehead atoms. The Balaban J connectivity index is 2.08. The van der Waals surface area contributed by atoms with Crippen molar-refractivity contribution in [3.05, 3.63) is 36.0 Å². The van der Waals surface area contributed by atoms with E-state index in [9.17, 15) is 0 Å². The number of benzene rings is 1. The summed E-state index contributed by atoms with van der Waals surface area (Å²) in [5.41, 5.74) is 7.64. The van der Waals surface area contributed by atoms with Crippen LogP contribution in [0.1, 0.15) is 18.4 Å². The standard InChI is InChI=1S/C13H16N2O2S/c1-3-16-10-4-5-11(14)13(6-10)18-7-12-9(2)17-8-15-12/h4-6,8H,3,7,14H2,1-2H3. The highest BCUT2D eigenvalue weighted by Crippen LogP contribution is 2.31. The van der Waals surface area contributed by atoms with Crippen molar-refractivity contribution in [2.24, 2.45) is 0 Å². The summed E-state index contributed by atoms with van der Waals surface area (Å²) in [6.45, 7) is 4.52. The molecule has 0 radical (unpaired) electrons. The summed E-state index contributed by atoms with van der Waals surface area (Å²) in [5, 5.41) is 0. The van der Waals surface area contributed by atoms with E-state index in [1.165, 1.54) is 6.39 Å². The van der Waals surface area contributed by atoms with Crippen LogP contribution >= 0.6 is 11.8 Å². The van der Waals surface area contributed by atoms with Gasteiger partial charge in [0.1, 0.15) is 11.5 Å². The highest BCUT2D eigenvalue weighted by molar-refractivity contribution is 7.98. The van der Waals surface area contributed by atoms with E-state index < -0.39 is 0 Å². The molecule has 0 unspecified atom stereocenters. The Hall–Kier alpha value is -1.62. The fourth-order valence-electron chi connectivity index (χ4n) is 1.51. The molecule has 2 aromatic rings. The normalized spacial score (nSPS) is 10.6. The predicted molar refractivity (Wildman–Crippen MR) is 72.8 cm³/mol. The van der Waals surface area contributed by atoms with Gasteiger partial charge in [0, 0.05) is 16.3 Å². The number of rotatable bonds is 5. The lowest BCUT2D eigenvalue weighted by atomic mass is 10.3. The van der Waals surface area contributed by atoms with Gasteiger partial charge < -0.3 is 14.9 Å². The molecule has 4 nitrogen and oxygen atoms in total. The molecule has 0 aliphatic carbocycles. The van der Waals surface area contributed by atoms with Crippen LogP contribution in [0, 0.1) is 6.92 Å². The SMILES string of the molecule is CCOc1ccc(N)c(SCc2ncoc2C)c1. The van der Waals surface area contributed by atoms with Gasteiger partial charge in [0.15, 0.2) is 6.39 Å². The van der Waals surface area contributed by atoms with Crippen LogP contribution in [0.5, 0.6) is 5.75 Å². The molecular weight excluding hydrogens is 248 g/mol. The maximum Gasteiger partial charge on any atom is 0.181 e. The number of nitrogens with two attached hydrogens (primary N) is 1. The smallest absolute Gasteiger partial charge is 0.181 e. The molecule has 2 N–H and O–H groups in total. The first-order chi connectivity index (χ1) is 8.70. The van der Waals surface area contributed by atoms with Crippen LogP contribution < -0.4 is 10.5 Å². The van der Waals surface area contributed by atoms with E-state index in [0.717, 1.165) is 33.5 Å². The minimum absolute atomic E-state index is 0.649. The lowest BCUT2D eigenvalue weighted by Gasteiger charge is -2.08. The van der Waals surface area contributed by atoms with Crippen LogP contribution in [-0.4, -0.2) is 11.6 Å². The minimum Gasteiger partial charge on any atom is -0.494 e. The van der Waals surface area contributed by atoms with Crippen LogP contribution in [0.4, 0.5) is 5.69 Å². The third-order valence-electron chi connectivity index (χ3n) is 2.50. The maximum absolute atomic E-state index is 5.94. The van der Waals surface area contributed by atoms with Gasteiger partial charge in [0.2, 0.25) is 0 Å². The number of hydrogen-bond donors (Lipinski definition) is 1. The minimum atomic E-state index is 0.649. The molecule has 0 saturated carbocycles. The Morgan fingerprint density at radius 3 is 2.94 bits per heavy atom. The van der Waals surface area contributed by atoms with Crippen molar-refractivity contribution in [1.82, 2.24) is 4.98 Å². The number of oxazole rings is 1. The van der Waals surface area contributed by atoms with Crippen molar-refractivity contribution in [3.8, 4) is 5.75 Å². The molecule has 1 aromatic heterocycles. The number of thioether (sulfide) groups is 1. The van der Waals surface area contributed by atoms with Crippen molar-refractivity contribution in [1.29, 1.82) is 0 Å². The number of nitrogen functional groups attached to an aromatic ring is 1. The molecule has 0 spiro atoms. The summed E-state index contributed by atoms with van der Waals surface area (Å²) >= 11 is 1.63. The lowest BCUT2D eigenvalue weighted by molar-refractivity contribution is 0.339. The second-order valence-electron chi connectivity index (χ2n) is 3.78. The lowest BCUT2D eigenvalue weighted by Crippen LogP contribution is -1.94. The molecule has 0 atom stereocenters. The van der Waals surface area contributed by atoms with Gasteiger partial charge in [-0.3, -0.25) is 0 Å². The molecule has 1 heterocycles. The predicted octanol–water partition coefficient (Wildman–Crippen LogP) is 3.26. The number of aromatic nitrogens is 1. The number of ether oxygens (including phenoxy) is 1. The van der Waals surface area contributed by atoms with E-state index in [0.29, 0.717) is 6.61 Å². The first-order valence-corrected chi connectivity index (χ1v) is 6.73. The van der Waals surface area contributed by atoms with E-state index in [2.05, 4.69) is 4.98 Å². The molecule has 0 amide bonds. The van der Waals surface area contributed by atoms with Crippen molar-refractivity contribution in [2.75, 3.05) is 12.3 Å². The van der Waals surface area contributed by atoms with Crippen molar-refractivity contribution in [3.63, 3.8) is 0 Å². The highest BCUT2D eigenvalue weighted by atomic mass is 32.2. The average Bonchev–Trinajstić information content (AvgIpc) is 2.76. The van der Waals surface area contributed by atoms with E-state index in [1.54, 1.807) is 11.8 Å². The zero-order valence-corrected chi connectivity index (χ0v) is 11.3. The van der Waals surface area contributed by atoms with Gasteiger partial charge >= 0.3 is 0 Å². The van der Waals surface area contributed by atoms with E-state index >= 15 is 0 Å². The Morgan fingerprint density at radius 2 is 2.28 bits per heavy atom. The molecule has 96 valence electrons. The van der Waals surface area contributed by atoms with Gasteiger partial charge in [-0.1, -0.05) is 0 Å². The molecule has 5 heteroatoms.